The molecule has 2 amide bonds. The number of hydrogen-bond acceptors (Lipinski definition) is 5. The molecule has 0 fully saturated rings. The Labute approximate surface area is 164 Å². The minimum absolute atomic E-state index is 0.239. The van der Waals surface area contributed by atoms with Crippen LogP contribution in [-0.2, 0) is 16.4 Å². The van der Waals surface area contributed by atoms with Crippen molar-refractivity contribution in [1.82, 2.24) is 10.0 Å². The lowest BCUT2D eigenvalue weighted by Crippen LogP contribution is -2.35. The van der Waals surface area contributed by atoms with Crippen molar-refractivity contribution in [2.75, 3.05) is 19.8 Å². The minimum atomic E-state index is -3.62. The molecule has 1 aliphatic heterocycles. The van der Waals surface area contributed by atoms with Gasteiger partial charge in [-0.15, -0.1) is 0 Å². The molecule has 1 unspecified atom stereocenters. The third-order valence-electron chi connectivity index (χ3n) is 4.20. The van der Waals surface area contributed by atoms with E-state index in [1.807, 2.05) is 32.0 Å². The topological polar surface area (TPSA) is 106 Å². The number of rotatable bonds is 9. The summed E-state index contributed by atoms with van der Waals surface area (Å²) in [6.45, 7) is 5.09. The fourth-order valence-electron chi connectivity index (χ4n) is 2.91. The lowest BCUT2D eigenvalue weighted by atomic mass is 10.1. The van der Waals surface area contributed by atoms with Crippen molar-refractivity contribution < 1.29 is 22.7 Å². The molecule has 0 spiro atoms. The molecule has 28 heavy (non-hydrogen) atoms. The van der Waals surface area contributed by atoms with E-state index in [9.17, 15) is 13.2 Å². The van der Waals surface area contributed by atoms with Crippen LogP contribution in [0.5, 0.6) is 11.5 Å². The molecular weight excluding hydrogens is 382 g/mol. The Balaban J connectivity index is 1.61. The van der Waals surface area contributed by atoms with Crippen LogP contribution in [0.3, 0.4) is 0 Å². The maximum atomic E-state index is 12.6. The third-order valence-corrected chi connectivity index (χ3v) is 5.81. The molecule has 2 aliphatic rings. The van der Waals surface area contributed by atoms with E-state index in [2.05, 4.69) is 15.0 Å². The SMILES string of the molecule is CCOc1ccc(CCNS(=O)(=O)C2C=CC3=NC(=O)NC3=C2)cc1OCC. The first-order chi connectivity index (χ1) is 13.4. The van der Waals surface area contributed by atoms with Gasteiger partial charge in [-0.05, 0) is 50.1 Å². The standard InChI is InChI=1S/C19H23N3O5S/c1-3-26-17-8-5-13(11-18(17)27-4-2)9-10-20-28(24,25)14-6-7-15-16(12-14)22-19(23)21-15/h5-8,11-12,14,20H,3-4,9-10H2,1-2H3,(H,22,23). The number of urea groups is 1. The molecule has 1 aromatic carbocycles. The van der Waals surface area contributed by atoms with Crippen molar-refractivity contribution in [3.63, 3.8) is 0 Å². The van der Waals surface area contributed by atoms with Gasteiger partial charge < -0.3 is 14.8 Å². The average molecular weight is 405 g/mol. The summed E-state index contributed by atoms with van der Waals surface area (Å²) in [5, 5.41) is 1.66. The summed E-state index contributed by atoms with van der Waals surface area (Å²) in [6, 6.07) is 5.09. The van der Waals surface area contributed by atoms with Crippen LogP contribution in [0.15, 0.2) is 47.1 Å². The quantitative estimate of drug-likeness (QED) is 0.653. The first-order valence-electron chi connectivity index (χ1n) is 9.10. The van der Waals surface area contributed by atoms with Gasteiger partial charge in [0.15, 0.2) is 11.5 Å². The maximum Gasteiger partial charge on any atom is 0.346 e. The lowest BCUT2D eigenvalue weighted by Gasteiger charge is -2.16. The number of ether oxygens (including phenoxy) is 2. The van der Waals surface area contributed by atoms with Gasteiger partial charge in [0, 0.05) is 6.54 Å². The van der Waals surface area contributed by atoms with Crippen LogP contribution in [0.4, 0.5) is 4.79 Å². The molecule has 0 radical (unpaired) electrons. The van der Waals surface area contributed by atoms with Gasteiger partial charge in [-0.25, -0.2) is 17.9 Å². The molecule has 0 saturated carbocycles. The van der Waals surface area contributed by atoms with Crippen LogP contribution in [0.1, 0.15) is 19.4 Å². The van der Waals surface area contributed by atoms with Gasteiger partial charge in [0.25, 0.3) is 0 Å². The van der Waals surface area contributed by atoms with Crippen LogP contribution >= 0.6 is 0 Å². The highest BCUT2D eigenvalue weighted by molar-refractivity contribution is 7.90. The second kappa shape index (κ2) is 8.57. The molecular formula is C19H23N3O5S. The molecule has 2 N–H and O–H groups in total. The van der Waals surface area contributed by atoms with Gasteiger partial charge in [0.05, 0.1) is 24.6 Å². The van der Waals surface area contributed by atoms with Crippen molar-refractivity contribution in [3.05, 3.63) is 47.7 Å². The maximum absolute atomic E-state index is 12.6. The van der Waals surface area contributed by atoms with Crippen LogP contribution < -0.4 is 19.5 Å². The molecule has 3 rings (SSSR count). The summed E-state index contributed by atoms with van der Waals surface area (Å²) in [6.07, 6.45) is 5.03. The van der Waals surface area contributed by atoms with Crippen LogP contribution in [-0.4, -0.2) is 45.2 Å². The van der Waals surface area contributed by atoms with Gasteiger partial charge in [-0.2, -0.15) is 4.99 Å². The van der Waals surface area contributed by atoms with Gasteiger partial charge in [-0.1, -0.05) is 12.1 Å². The summed E-state index contributed by atoms with van der Waals surface area (Å²) >= 11 is 0. The van der Waals surface area contributed by atoms with Crippen molar-refractivity contribution in [3.8, 4) is 11.5 Å². The van der Waals surface area contributed by atoms with Crippen molar-refractivity contribution >= 4 is 21.8 Å². The summed E-state index contributed by atoms with van der Waals surface area (Å²) in [7, 11) is -3.62. The van der Waals surface area contributed by atoms with Crippen LogP contribution in [0, 0.1) is 0 Å². The number of carbonyl (C=O) groups is 1. The monoisotopic (exact) mass is 405 g/mol. The Hall–Kier alpha value is -2.65. The number of allylic oxidation sites excluding steroid dienone is 1. The summed E-state index contributed by atoms with van der Waals surface area (Å²) in [5.74, 6) is 1.32. The number of carbonyl (C=O) groups excluding carboxylic acids is 1. The molecule has 0 bridgehead atoms. The zero-order valence-corrected chi connectivity index (χ0v) is 16.6. The number of aliphatic imine (C=N–C) groups is 1. The second-order valence-corrected chi connectivity index (χ2v) is 8.09. The molecule has 0 saturated heterocycles. The first-order valence-corrected chi connectivity index (χ1v) is 10.6. The zero-order valence-electron chi connectivity index (χ0n) is 15.8. The number of hydrogen-bond donors (Lipinski definition) is 2. The Kier molecular flexibility index (Phi) is 6.15. The van der Waals surface area contributed by atoms with Gasteiger partial charge in [0.2, 0.25) is 10.0 Å². The van der Waals surface area contributed by atoms with Crippen molar-refractivity contribution in [1.29, 1.82) is 0 Å². The third kappa shape index (κ3) is 4.60. The second-order valence-electron chi connectivity index (χ2n) is 6.17. The van der Waals surface area contributed by atoms with E-state index in [1.54, 1.807) is 0 Å². The van der Waals surface area contributed by atoms with Crippen molar-refractivity contribution in [2.45, 2.75) is 25.5 Å². The van der Waals surface area contributed by atoms with E-state index in [-0.39, 0.29) is 6.54 Å². The lowest BCUT2D eigenvalue weighted by molar-refractivity contribution is 0.253. The highest BCUT2D eigenvalue weighted by atomic mass is 32.2. The van der Waals surface area contributed by atoms with E-state index >= 15 is 0 Å². The molecule has 1 aliphatic carbocycles. The number of sulfonamides is 1. The zero-order chi connectivity index (χ0) is 20.1. The molecule has 1 heterocycles. The van der Waals surface area contributed by atoms with Crippen molar-refractivity contribution in [2.24, 2.45) is 4.99 Å². The molecule has 1 atom stereocenters. The highest BCUT2D eigenvalue weighted by Crippen LogP contribution is 2.28. The Bertz CT molecular complexity index is 950. The fourth-order valence-corrected chi connectivity index (χ4v) is 4.09. The number of nitrogens with one attached hydrogen (secondary N) is 2. The molecule has 150 valence electrons. The normalized spacial score (nSPS) is 18.2. The average Bonchev–Trinajstić information content (AvgIpc) is 3.03. The first kappa shape index (κ1) is 20.1. The predicted octanol–water partition coefficient (Wildman–Crippen LogP) is 1.93. The number of fused-ring (bicyclic) bond motifs is 1. The summed E-state index contributed by atoms with van der Waals surface area (Å²) in [4.78, 5) is 15.0. The smallest absolute Gasteiger partial charge is 0.346 e. The van der Waals surface area contributed by atoms with E-state index in [0.29, 0.717) is 42.5 Å². The molecule has 8 nitrogen and oxygen atoms in total. The molecule has 1 aromatic rings. The summed E-state index contributed by atoms with van der Waals surface area (Å²) in [5.41, 5.74) is 1.81. The molecule has 0 aromatic heterocycles. The number of nitrogens with zero attached hydrogens (tertiary/aromatic N) is 1. The van der Waals surface area contributed by atoms with Gasteiger partial charge in [-0.3, -0.25) is 0 Å². The van der Waals surface area contributed by atoms with Crippen LogP contribution in [0.2, 0.25) is 0 Å². The summed E-state index contributed by atoms with van der Waals surface area (Å²) < 4.78 is 38.8. The highest BCUT2D eigenvalue weighted by Gasteiger charge is 2.28. The van der Waals surface area contributed by atoms with E-state index in [1.165, 1.54) is 18.2 Å². The Morgan fingerprint density at radius 2 is 1.93 bits per heavy atom. The van der Waals surface area contributed by atoms with Gasteiger partial charge in [0.1, 0.15) is 5.25 Å². The van der Waals surface area contributed by atoms with E-state index in [0.717, 1.165) is 5.56 Å². The predicted molar refractivity (Wildman–Crippen MR) is 106 cm³/mol. The minimum Gasteiger partial charge on any atom is -0.490 e. The largest absolute Gasteiger partial charge is 0.490 e. The molecule has 9 heteroatoms. The van der Waals surface area contributed by atoms with E-state index in [4.69, 9.17) is 9.47 Å². The number of benzene rings is 1. The fraction of sp³-hybridized carbons (Fsp3) is 0.368. The van der Waals surface area contributed by atoms with E-state index < -0.39 is 21.3 Å². The van der Waals surface area contributed by atoms with Crippen LogP contribution in [0.25, 0.3) is 0 Å². The van der Waals surface area contributed by atoms with Gasteiger partial charge >= 0.3 is 6.03 Å². The Morgan fingerprint density at radius 1 is 1.18 bits per heavy atom. The number of amides is 2. The Morgan fingerprint density at radius 3 is 2.68 bits per heavy atom.